The van der Waals surface area contributed by atoms with E-state index in [0.29, 0.717) is 6.20 Å². The van der Waals surface area contributed by atoms with Crippen molar-refractivity contribution in [1.29, 1.82) is 0 Å². The van der Waals surface area contributed by atoms with Crippen LogP contribution in [0.5, 0.6) is 11.6 Å². The van der Waals surface area contributed by atoms with Gasteiger partial charge in [-0.2, -0.15) is 8.96 Å². The fourth-order valence-electron chi connectivity index (χ4n) is 2.78. The molecular weight excluding hydrogens is 489 g/mol. The first kappa shape index (κ1) is 25.5. The van der Waals surface area contributed by atoms with Gasteiger partial charge in [0, 0.05) is 25.2 Å². The summed E-state index contributed by atoms with van der Waals surface area (Å²) in [6, 6.07) is 5.99. The van der Waals surface area contributed by atoms with Gasteiger partial charge >= 0.3 is 17.6 Å². The van der Waals surface area contributed by atoms with Crippen molar-refractivity contribution in [2.24, 2.45) is 0 Å². The number of ether oxygens (including phenoxy) is 3. The second kappa shape index (κ2) is 10.8. The number of carbonyl (C=O) groups excluding carboxylic acids is 3. The first-order valence-corrected chi connectivity index (χ1v) is 10.3. The largest absolute Gasteiger partial charge is 0.425 e. The molecular formula is C22H17ClFN3O8. The monoisotopic (exact) mass is 505 g/mol. The van der Waals surface area contributed by atoms with Gasteiger partial charge in [0.05, 0.1) is 18.0 Å². The molecule has 2 heterocycles. The molecule has 0 N–H and O–H groups in total. The van der Waals surface area contributed by atoms with Gasteiger partial charge in [0.15, 0.2) is 5.75 Å². The zero-order valence-electron chi connectivity index (χ0n) is 18.3. The number of hydrogen-bond acceptors (Lipinski definition) is 9. The molecule has 182 valence electrons. The average molecular weight is 506 g/mol. The van der Waals surface area contributed by atoms with Crippen LogP contribution >= 0.6 is 11.6 Å². The molecule has 0 radical (unpaired) electrons. The highest BCUT2D eigenvalue weighted by atomic mass is 35.5. The third-order valence-corrected chi connectivity index (χ3v) is 4.63. The van der Waals surface area contributed by atoms with E-state index < -0.39 is 34.9 Å². The van der Waals surface area contributed by atoms with Crippen LogP contribution in [0.2, 0.25) is 5.02 Å². The third kappa shape index (κ3) is 5.86. The SMILES string of the molecule is CCOCn1cc(F)c(=O)n(C(=O)c2cccc(C(=O)Oc3cc(OC(C)=O)c(Cl)cn3)c2)c1=O. The Morgan fingerprint density at radius 2 is 1.83 bits per heavy atom. The number of pyridine rings is 1. The van der Waals surface area contributed by atoms with E-state index in [9.17, 15) is 28.4 Å². The van der Waals surface area contributed by atoms with E-state index in [1.807, 2.05) is 0 Å². The molecule has 2 aromatic heterocycles. The van der Waals surface area contributed by atoms with Gasteiger partial charge in [0.1, 0.15) is 11.8 Å². The van der Waals surface area contributed by atoms with Crippen molar-refractivity contribution in [3.63, 3.8) is 0 Å². The Kier molecular flexibility index (Phi) is 7.89. The Hall–Kier alpha value is -4.16. The number of aromatic nitrogens is 3. The molecule has 35 heavy (non-hydrogen) atoms. The quantitative estimate of drug-likeness (QED) is 0.442. The van der Waals surface area contributed by atoms with Crippen LogP contribution in [0.3, 0.4) is 0 Å². The summed E-state index contributed by atoms with van der Waals surface area (Å²) in [4.78, 5) is 65.2. The summed E-state index contributed by atoms with van der Waals surface area (Å²) < 4.78 is 30.0. The van der Waals surface area contributed by atoms with Crippen LogP contribution in [-0.4, -0.2) is 38.6 Å². The van der Waals surface area contributed by atoms with Crippen molar-refractivity contribution in [2.75, 3.05) is 6.61 Å². The zero-order chi connectivity index (χ0) is 25.7. The summed E-state index contributed by atoms with van der Waals surface area (Å²) in [5.41, 5.74) is -2.99. The summed E-state index contributed by atoms with van der Waals surface area (Å²) in [6.45, 7) is 2.62. The predicted octanol–water partition coefficient (Wildman–Crippen LogP) is 2.02. The zero-order valence-corrected chi connectivity index (χ0v) is 19.1. The Bertz CT molecular complexity index is 1430. The Morgan fingerprint density at radius 1 is 1.11 bits per heavy atom. The van der Waals surface area contributed by atoms with Gasteiger partial charge in [0.2, 0.25) is 11.7 Å². The second-order valence-corrected chi connectivity index (χ2v) is 7.22. The van der Waals surface area contributed by atoms with E-state index in [1.54, 1.807) is 6.92 Å². The molecule has 0 aliphatic carbocycles. The molecule has 11 nitrogen and oxygen atoms in total. The van der Waals surface area contributed by atoms with E-state index in [2.05, 4.69) is 4.98 Å². The summed E-state index contributed by atoms with van der Waals surface area (Å²) >= 11 is 5.88. The van der Waals surface area contributed by atoms with E-state index in [4.69, 9.17) is 25.8 Å². The Balaban J connectivity index is 1.91. The molecule has 0 fully saturated rings. The maximum atomic E-state index is 14.1. The van der Waals surface area contributed by atoms with Crippen molar-refractivity contribution >= 4 is 29.4 Å². The fourth-order valence-corrected chi connectivity index (χ4v) is 2.93. The molecule has 3 rings (SSSR count). The van der Waals surface area contributed by atoms with Crippen LogP contribution in [0, 0.1) is 5.82 Å². The number of esters is 2. The number of carbonyl (C=O) groups is 3. The van der Waals surface area contributed by atoms with Crippen LogP contribution in [0.15, 0.2) is 52.3 Å². The standard InChI is InChI=1S/C22H17ClFN3O8/c1-3-33-11-26-10-16(24)20(30)27(22(26)32)19(29)13-5-4-6-14(7-13)21(31)35-18-8-17(34-12(2)28)15(23)9-25-18/h4-10H,3,11H2,1-2H3. The van der Waals surface area contributed by atoms with Crippen LogP contribution in [0.1, 0.15) is 34.6 Å². The molecule has 0 unspecified atom stereocenters. The minimum atomic E-state index is -1.45. The lowest BCUT2D eigenvalue weighted by molar-refractivity contribution is -0.131. The van der Waals surface area contributed by atoms with E-state index >= 15 is 0 Å². The normalized spacial score (nSPS) is 10.6. The number of halogens is 2. The molecule has 0 bridgehead atoms. The van der Waals surface area contributed by atoms with Gasteiger partial charge < -0.3 is 14.2 Å². The first-order chi connectivity index (χ1) is 16.6. The highest BCUT2D eigenvalue weighted by molar-refractivity contribution is 6.32. The average Bonchev–Trinajstić information content (AvgIpc) is 2.82. The lowest BCUT2D eigenvalue weighted by Gasteiger charge is -2.10. The maximum absolute atomic E-state index is 14.1. The summed E-state index contributed by atoms with van der Waals surface area (Å²) in [5, 5.41) is 0.00289. The summed E-state index contributed by atoms with van der Waals surface area (Å²) in [6.07, 6.45) is 1.74. The lowest BCUT2D eigenvalue weighted by atomic mass is 10.1. The van der Waals surface area contributed by atoms with Gasteiger partial charge in [-0.3, -0.25) is 19.0 Å². The van der Waals surface area contributed by atoms with Crippen LogP contribution in [0.4, 0.5) is 4.39 Å². The van der Waals surface area contributed by atoms with Crippen molar-refractivity contribution in [3.05, 3.63) is 85.5 Å². The van der Waals surface area contributed by atoms with E-state index in [-0.39, 0.29) is 45.7 Å². The van der Waals surface area contributed by atoms with Crippen molar-refractivity contribution in [1.82, 2.24) is 14.1 Å². The second-order valence-electron chi connectivity index (χ2n) is 6.81. The lowest BCUT2D eigenvalue weighted by Crippen LogP contribution is -2.45. The molecule has 13 heteroatoms. The minimum absolute atomic E-state index is 0.00289. The highest BCUT2D eigenvalue weighted by Crippen LogP contribution is 2.27. The predicted molar refractivity (Wildman–Crippen MR) is 118 cm³/mol. The van der Waals surface area contributed by atoms with Crippen LogP contribution in [0.25, 0.3) is 0 Å². The van der Waals surface area contributed by atoms with Crippen molar-refractivity contribution in [2.45, 2.75) is 20.6 Å². The Labute approximate surface area is 201 Å². The van der Waals surface area contributed by atoms with Crippen molar-refractivity contribution in [3.8, 4) is 11.6 Å². The number of benzene rings is 1. The van der Waals surface area contributed by atoms with Gasteiger partial charge in [-0.1, -0.05) is 17.7 Å². The number of rotatable bonds is 7. The molecule has 0 aliphatic rings. The minimum Gasteiger partial charge on any atom is -0.425 e. The molecule has 3 aromatic rings. The van der Waals surface area contributed by atoms with Crippen LogP contribution < -0.4 is 20.7 Å². The molecule has 0 spiro atoms. The topological polar surface area (TPSA) is 136 Å². The van der Waals surface area contributed by atoms with Gasteiger partial charge in [0.25, 0.3) is 11.5 Å². The van der Waals surface area contributed by atoms with E-state index in [0.717, 1.165) is 29.8 Å². The van der Waals surface area contributed by atoms with Crippen LogP contribution in [-0.2, 0) is 16.3 Å². The van der Waals surface area contributed by atoms with Crippen molar-refractivity contribution < 1.29 is 33.0 Å². The number of hydrogen-bond donors (Lipinski definition) is 0. The molecule has 0 saturated heterocycles. The van der Waals surface area contributed by atoms with E-state index in [1.165, 1.54) is 18.2 Å². The molecule has 1 aromatic carbocycles. The first-order valence-electron chi connectivity index (χ1n) is 9.93. The third-order valence-electron chi connectivity index (χ3n) is 4.34. The summed E-state index contributed by atoms with van der Waals surface area (Å²) in [7, 11) is 0. The fraction of sp³-hybridized carbons (Fsp3) is 0.182. The highest BCUT2D eigenvalue weighted by Gasteiger charge is 2.21. The molecule has 0 aliphatic heterocycles. The molecule has 0 amide bonds. The summed E-state index contributed by atoms with van der Waals surface area (Å²) in [5.74, 6) is -4.48. The van der Waals surface area contributed by atoms with Gasteiger partial charge in [-0.15, -0.1) is 0 Å². The number of nitrogens with zero attached hydrogens (tertiary/aromatic N) is 3. The Morgan fingerprint density at radius 3 is 2.51 bits per heavy atom. The maximum Gasteiger partial charge on any atom is 0.344 e. The van der Waals surface area contributed by atoms with Gasteiger partial charge in [-0.05, 0) is 25.1 Å². The molecule has 0 saturated carbocycles. The van der Waals surface area contributed by atoms with Gasteiger partial charge in [-0.25, -0.2) is 14.6 Å². The molecule has 0 atom stereocenters. The smallest absolute Gasteiger partial charge is 0.344 e.